The van der Waals surface area contributed by atoms with Gasteiger partial charge in [0.2, 0.25) is 11.8 Å². The molecule has 1 saturated heterocycles. The van der Waals surface area contributed by atoms with Crippen molar-refractivity contribution in [1.82, 2.24) is 0 Å². The van der Waals surface area contributed by atoms with Crippen LogP contribution in [0.4, 0.5) is 11.4 Å². The smallest absolute Gasteiger partial charge is 0.229 e. The number of para-hydroxylation sites is 1. The molecule has 2 aromatic carbocycles. The Morgan fingerprint density at radius 2 is 2.04 bits per heavy atom. The largest absolute Gasteiger partial charge is 0.326 e. The fraction of sp³-hybridized carbons (Fsp3) is 0.167. The molecule has 2 aromatic rings. The zero-order valence-corrected chi connectivity index (χ0v) is 14.3. The van der Waals surface area contributed by atoms with Crippen molar-refractivity contribution in [3.8, 4) is 6.07 Å². The first kappa shape index (κ1) is 16.2. The molecule has 5 nitrogen and oxygen atoms in total. The van der Waals surface area contributed by atoms with Crippen LogP contribution in [-0.4, -0.2) is 18.4 Å². The second kappa shape index (κ2) is 6.85. The molecule has 0 spiro atoms. The van der Waals surface area contributed by atoms with Crippen LogP contribution in [0.1, 0.15) is 12.0 Å². The molecule has 0 aromatic heterocycles. The van der Waals surface area contributed by atoms with E-state index >= 15 is 0 Å². The van der Waals surface area contributed by atoms with E-state index in [1.54, 1.807) is 36.4 Å². The van der Waals surface area contributed by atoms with E-state index in [-0.39, 0.29) is 24.8 Å². The van der Waals surface area contributed by atoms with E-state index in [1.165, 1.54) is 4.90 Å². The quantitative estimate of drug-likeness (QED) is 0.883. The number of carbonyl (C=O) groups is 2. The van der Waals surface area contributed by atoms with Crippen LogP contribution in [0.3, 0.4) is 0 Å². The number of nitriles is 1. The summed E-state index contributed by atoms with van der Waals surface area (Å²) >= 11 is 3.36. The number of rotatable bonds is 3. The normalized spacial score (nSPS) is 16.8. The molecule has 3 rings (SSSR count). The molecule has 1 heterocycles. The lowest BCUT2D eigenvalue weighted by molar-refractivity contribution is -0.122. The summed E-state index contributed by atoms with van der Waals surface area (Å²) in [6.45, 7) is 0.275. The van der Waals surface area contributed by atoms with Gasteiger partial charge < -0.3 is 10.2 Å². The Hall–Kier alpha value is -2.65. The van der Waals surface area contributed by atoms with Gasteiger partial charge in [-0.3, -0.25) is 9.59 Å². The van der Waals surface area contributed by atoms with Gasteiger partial charge >= 0.3 is 0 Å². The molecule has 1 unspecified atom stereocenters. The van der Waals surface area contributed by atoms with E-state index in [9.17, 15) is 14.9 Å². The third-order valence-corrected chi connectivity index (χ3v) is 4.40. The molecule has 2 amide bonds. The van der Waals surface area contributed by atoms with Crippen molar-refractivity contribution in [2.75, 3.05) is 16.8 Å². The number of nitrogens with zero attached hydrogens (tertiary/aromatic N) is 2. The Labute approximate surface area is 148 Å². The summed E-state index contributed by atoms with van der Waals surface area (Å²) in [5.41, 5.74) is 1.67. The van der Waals surface area contributed by atoms with Crippen LogP contribution in [-0.2, 0) is 9.59 Å². The average Bonchev–Trinajstić information content (AvgIpc) is 2.96. The highest BCUT2D eigenvalue weighted by Crippen LogP contribution is 2.28. The van der Waals surface area contributed by atoms with E-state index in [0.717, 1.165) is 4.47 Å². The van der Waals surface area contributed by atoms with Crippen LogP contribution in [0.5, 0.6) is 0 Å². The topological polar surface area (TPSA) is 73.2 Å². The third-order valence-electron chi connectivity index (χ3n) is 3.90. The Kier molecular flexibility index (Phi) is 4.63. The zero-order chi connectivity index (χ0) is 17.1. The predicted molar refractivity (Wildman–Crippen MR) is 94.4 cm³/mol. The van der Waals surface area contributed by atoms with Gasteiger partial charge in [-0.15, -0.1) is 0 Å². The number of hydrogen-bond acceptors (Lipinski definition) is 3. The number of benzene rings is 2. The van der Waals surface area contributed by atoms with Crippen molar-refractivity contribution < 1.29 is 9.59 Å². The van der Waals surface area contributed by atoms with Crippen LogP contribution < -0.4 is 10.2 Å². The van der Waals surface area contributed by atoms with E-state index in [1.807, 2.05) is 12.1 Å². The van der Waals surface area contributed by atoms with Gasteiger partial charge in [0.15, 0.2) is 0 Å². The maximum atomic E-state index is 12.4. The summed E-state index contributed by atoms with van der Waals surface area (Å²) in [6, 6.07) is 16.3. The molecule has 6 heteroatoms. The molecular weight excluding hydrogens is 370 g/mol. The summed E-state index contributed by atoms with van der Waals surface area (Å²) < 4.78 is 0.868. The second-order valence-electron chi connectivity index (χ2n) is 5.53. The van der Waals surface area contributed by atoms with Crippen molar-refractivity contribution in [3.63, 3.8) is 0 Å². The monoisotopic (exact) mass is 383 g/mol. The van der Waals surface area contributed by atoms with Crippen LogP contribution in [0.15, 0.2) is 53.0 Å². The minimum atomic E-state index is -0.441. The first-order valence-electron chi connectivity index (χ1n) is 7.44. The first-order chi connectivity index (χ1) is 11.6. The van der Waals surface area contributed by atoms with Gasteiger partial charge in [-0.2, -0.15) is 5.26 Å². The van der Waals surface area contributed by atoms with E-state index in [4.69, 9.17) is 0 Å². The third kappa shape index (κ3) is 3.31. The number of amides is 2. The number of hydrogen-bond donors (Lipinski definition) is 1. The molecule has 0 saturated carbocycles. The van der Waals surface area contributed by atoms with E-state index in [2.05, 4.69) is 27.3 Å². The van der Waals surface area contributed by atoms with Crippen LogP contribution in [0.2, 0.25) is 0 Å². The van der Waals surface area contributed by atoms with Gasteiger partial charge in [-0.1, -0.05) is 34.1 Å². The minimum absolute atomic E-state index is 0.138. The summed E-state index contributed by atoms with van der Waals surface area (Å²) in [4.78, 5) is 26.2. The number of carbonyl (C=O) groups excluding carboxylic acids is 2. The maximum Gasteiger partial charge on any atom is 0.229 e. The molecular formula is C18H14BrN3O2. The lowest BCUT2D eigenvalue weighted by Crippen LogP contribution is -2.28. The molecule has 1 aliphatic heterocycles. The summed E-state index contributed by atoms with van der Waals surface area (Å²) in [7, 11) is 0. The Bertz CT molecular complexity index is 844. The summed E-state index contributed by atoms with van der Waals surface area (Å²) in [5, 5.41) is 12.0. The van der Waals surface area contributed by atoms with Crippen LogP contribution in [0.25, 0.3) is 0 Å². The first-order valence-corrected chi connectivity index (χ1v) is 8.23. The molecule has 1 aliphatic rings. The molecule has 1 N–H and O–H groups in total. The highest BCUT2D eigenvalue weighted by molar-refractivity contribution is 9.10. The number of anilines is 2. The fourth-order valence-electron chi connectivity index (χ4n) is 2.73. The number of halogens is 1. The van der Waals surface area contributed by atoms with Crippen LogP contribution in [0, 0.1) is 17.2 Å². The second-order valence-corrected chi connectivity index (χ2v) is 6.45. The van der Waals surface area contributed by atoms with Crippen LogP contribution >= 0.6 is 15.9 Å². The molecule has 0 aliphatic carbocycles. The van der Waals surface area contributed by atoms with Crippen molar-refractivity contribution in [2.24, 2.45) is 5.92 Å². The Balaban J connectivity index is 1.75. The number of nitrogens with one attached hydrogen (secondary N) is 1. The average molecular weight is 384 g/mol. The van der Waals surface area contributed by atoms with Crippen molar-refractivity contribution in [3.05, 3.63) is 58.6 Å². The molecule has 0 radical (unpaired) electrons. The molecule has 1 atom stereocenters. The lowest BCUT2D eigenvalue weighted by atomic mass is 10.1. The maximum absolute atomic E-state index is 12.4. The summed E-state index contributed by atoms with van der Waals surface area (Å²) in [5.74, 6) is -0.784. The van der Waals surface area contributed by atoms with Crippen molar-refractivity contribution in [2.45, 2.75) is 6.42 Å². The Morgan fingerprint density at radius 1 is 1.25 bits per heavy atom. The molecule has 1 fully saturated rings. The van der Waals surface area contributed by atoms with Gasteiger partial charge in [-0.05, 0) is 30.3 Å². The standard InChI is InChI=1S/C18H14BrN3O2/c19-14-5-3-6-15(9-14)21-18(24)13-8-17(23)22(11-13)16-7-2-1-4-12(16)10-20/h1-7,9,13H,8,11H2,(H,21,24). The van der Waals surface area contributed by atoms with Gasteiger partial charge in [0.25, 0.3) is 0 Å². The SMILES string of the molecule is N#Cc1ccccc1N1CC(C(=O)Nc2cccc(Br)c2)CC1=O. The van der Waals surface area contributed by atoms with Gasteiger partial charge in [-0.25, -0.2) is 0 Å². The van der Waals surface area contributed by atoms with Crippen molar-refractivity contribution >= 4 is 39.1 Å². The van der Waals surface area contributed by atoms with Gasteiger partial charge in [0.1, 0.15) is 6.07 Å². The minimum Gasteiger partial charge on any atom is -0.326 e. The van der Waals surface area contributed by atoms with Gasteiger partial charge in [0, 0.05) is 23.1 Å². The molecule has 120 valence electrons. The Morgan fingerprint density at radius 3 is 2.79 bits per heavy atom. The highest BCUT2D eigenvalue weighted by atomic mass is 79.9. The molecule has 0 bridgehead atoms. The van der Waals surface area contributed by atoms with E-state index < -0.39 is 5.92 Å². The fourth-order valence-corrected chi connectivity index (χ4v) is 3.13. The van der Waals surface area contributed by atoms with Crippen molar-refractivity contribution in [1.29, 1.82) is 5.26 Å². The van der Waals surface area contributed by atoms with Gasteiger partial charge in [0.05, 0.1) is 17.2 Å². The predicted octanol–water partition coefficient (Wildman–Crippen LogP) is 3.31. The highest BCUT2D eigenvalue weighted by Gasteiger charge is 2.36. The summed E-state index contributed by atoms with van der Waals surface area (Å²) in [6.07, 6.45) is 0.138. The van der Waals surface area contributed by atoms with E-state index in [0.29, 0.717) is 16.9 Å². The lowest BCUT2D eigenvalue weighted by Gasteiger charge is -2.18. The zero-order valence-electron chi connectivity index (χ0n) is 12.7. The molecule has 24 heavy (non-hydrogen) atoms.